The molecule has 0 N–H and O–H groups in total. The Balaban J connectivity index is 2.26. The van der Waals surface area contributed by atoms with E-state index in [1.165, 1.54) is 0 Å². The molecule has 88 valence electrons. The fourth-order valence-corrected chi connectivity index (χ4v) is 2.30. The summed E-state index contributed by atoms with van der Waals surface area (Å²) in [6, 6.07) is 0. The van der Waals surface area contributed by atoms with Crippen LogP contribution in [0.25, 0.3) is 0 Å². The predicted octanol–water partition coefficient (Wildman–Crippen LogP) is 3.18. The second-order valence-corrected chi connectivity index (χ2v) is 5.58. The molecule has 1 aromatic heterocycles. The molecule has 2 rings (SSSR count). The van der Waals surface area contributed by atoms with E-state index in [9.17, 15) is 4.79 Å². The SMILES string of the molecule is CCCn1ncc(Cl)c1C(=O)C1CC1(C)C. The summed E-state index contributed by atoms with van der Waals surface area (Å²) >= 11 is 6.04. The maximum absolute atomic E-state index is 12.3. The summed E-state index contributed by atoms with van der Waals surface area (Å²) in [6.07, 6.45) is 3.48. The van der Waals surface area contributed by atoms with Crippen molar-refractivity contribution in [2.75, 3.05) is 0 Å². The largest absolute Gasteiger partial charge is 0.292 e. The van der Waals surface area contributed by atoms with Gasteiger partial charge in [0.2, 0.25) is 0 Å². The standard InChI is InChI=1S/C12H17ClN2O/c1-4-5-15-10(9(13)7-14-15)11(16)8-6-12(8,2)3/h7-8H,4-6H2,1-3H3. The van der Waals surface area contributed by atoms with E-state index in [-0.39, 0.29) is 17.1 Å². The normalized spacial score (nSPS) is 22.1. The quantitative estimate of drug-likeness (QED) is 0.758. The van der Waals surface area contributed by atoms with E-state index in [1.807, 2.05) is 0 Å². The number of rotatable bonds is 4. The lowest BCUT2D eigenvalue weighted by Gasteiger charge is -2.07. The molecule has 1 heterocycles. The second kappa shape index (κ2) is 3.88. The van der Waals surface area contributed by atoms with Gasteiger partial charge in [0.25, 0.3) is 0 Å². The van der Waals surface area contributed by atoms with Gasteiger partial charge in [0.15, 0.2) is 5.78 Å². The van der Waals surface area contributed by atoms with Crippen LogP contribution in [0.2, 0.25) is 5.02 Å². The summed E-state index contributed by atoms with van der Waals surface area (Å²) in [5.74, 6) is 0.276. The highest BCUT2D eigenvalue weighted by atomic mass is 35.5. The molecular weight excluding hydrogens is 224 g/mol. The van der Waals surface area contributed by atoms with Crippen molar-refractivity contribution in [3.63, 3.8) is 0 Å². The van der Waals surface area contributed by atoms with Crippen molar-refractivity contribution in [3.8, 4) is 0 Å². The highest BCUT2D eigenvalue weighted by Crippen LogP contribution is 2.53. The number of carbonyl (C=O) groups is 1. The summed E-state index contributed by atoms with van der Waals surface area (Å²) in [5, 5.41) is 4.64. The minimum absolute atomic E-state index is 0.123. The molecule has 0 amide bonds. The number of carbonyl (C=O) groups excluding carboxylic acids is 1. The summed E-state index contributed by atoms with van der Waals surface area (Å²) in [7, 11) is 0. The Morgan fingerprint density at radius 2 is 2.31 bits per heavy atom. The smallest absolute Gasteiger partial charge is 0.186 e. The van der Waals surface area contributed by atoms with Crippen molar-refractivity contribution in [2.24, 2.45) is 11.3 Å². The highest BCUT2D eigenvalue weighted by Gasteiger charge is 2.51. The summed E-state index contributed by atoms with van der Waals surface area (Å²) < 4.78 is 1.74. The van der Waals surface area contributed by atoms with E-state index >= 15 is 0 Å². The molecule has 16 heavy (non-hydrogen) atoms. The first-order valence-electron chi connectivity index (χ1n) is 5.73. The molecule has 0 aromatic carbocycles. The number of nitrogens with zero attached hydrogens (tertiary/aromatic N) is 2. The molecule has 1 aliphatic carbocycles. The first-order chi connectivity index (χ1) is 7.47. The molecule has 0 radical (unpaired) electrons. The van der Waals surface area contributed by atoms with Gasteiger partial charge in [-0.15, -0.1) is 0 Å². The zero-order chi connectivity index (χ0) is 11.9. The lowest BCUT2D eigenvalue weighted by molar-refractivity contribution is 0.0942. The highest BCUT2D eigenvalue weighted by molar-refractivity contribution is 6.33. The van der Waals surface area contributed by atoms with Gasteiger partial charge < -0.3 is 0 Å². The van der Waals surface area contributed by atoms with Gasteiger partial charge in [0.05, 0.1) is 11.2 Å². The van der Waals surface area contributed by atoms with Crippen LogP contribution in [0.4, 0.5) is 0 Å². The Bertz CT molecular complexity index is 423. The Kier molecular flexibility index (Phi) is 2.82. The van der Waals surface area contributed by atoms with Crippen molar-refractivity contribution in [3.05, 3.63) is 16.9 Å². The van der Waals surface area contributed by atoms with E-state index in [0.717, 1.165) is 19.4 Å². The molecule has 1 aromatic rings. The van der Waals surface area contributed by atoms with E-state index < -0.39 is 0 Å². The van der Waals surface area contributed by atoms with Crippen LogP contribution in [-0.2, 0) is 6.54 Å². The third-order valence-corrected chi connectivity index (χ3v) is 3.57. The van der Waals surface area contributed by atoms with Crippen LogP contribution in [0.1, 0.15) is 44.1 Å². The maximum Gasteiger partial charge on any atom is 0.186 e. The predicted molar refractivity (Wildman–Crippen MR) is 63.7 cm³/mol. The number of ketones is 1. The van der Waals surface area contributed by atoms with Crippen molar-refractivity contribution < 1.29 is 4.79 Å². The van der Waals surface area contributed by atoms with Crippen LogP contribution in [0.5, 0.6) is 0 Å². The monoisotopic (exact) mass is 240 g/mol. The van der Waals surface area contributed by atoms with Crippen LogP contribution >= 0.6 is 11.6 Å². The second-order valence-electron chi connectivity index (χ2n) is 5.17. The number of hydrogen-bond donors (Lipinski definition) is 0. The molecule has 0 bridgehead atoms. The topological polar surface area (TPSA) is 34.9 Å². The number of Topliss-reactive ketones (excluding diaryl/α,β-unsaturated/α-hetero) is 1. The Labute approximate surface area is 101 Å². The summed E-state index contributed by atoms with van der Waals surface area (Å²) in [5.41, 5.74) is 0.737. The average Bonchev–Trinajstić information content (AvgIpc) is 2.68. The molecule has 1 unspecified atom stereocenters. The van der Waals surface area contributed by atoms with Crippen LogP contribution in [0, 0.1) is 11.3 Å². The Morgan fingerprint density at radius 1 is 1.69 bits per heavy atom. The third-order valence-electron chi connectivity index (χ3n) is 3.29. The van der Waals surface area contributed by atoms with Gasteiger partial charge in [-0.05, 0) is 18.3 Å². The Hall–Kier alpha value is -0.830. The lowest BCUT2D eigenvalue weighted by atomic mass is 10.1. The van der Waals surface area contributed by atoms with E-state index in [1.54, 1.807) is 10.9 Å². The summed E-state index contributed by atoms with van der Waals surface area (Å²) in [4.78, 5) is 12.3. The zero-order valence-electron chi connectivity index (χ0n) is 9.96. The van der Waals surface area contributed by atoms with Crippen molar-refractivity contribution in [1.29, 1.82) is 0 Å². The molecule has 1 aliphatic rings. The van der Waals surface area contributed by atoms with Crippen LogP contribution in [0.15, 0.2) is 6.20 Å². The van der Waals surface area contributed by atoms with Crippen LogP contribution < -0.4 is 0 Å². The first kappa shape index (κ1) is 11.6. The van der Waals surface area contributed by atoms with Gasteiger partial charge in [-0.2, -0.15) is 5.10 Å². The van der Waals surface area contributed by atoms with E-state index in [2.05, 4.69) is 25.9 Å². The number of halogens is 1. The number of hydrogen-bond acceptors (Lipinski definition) is 2. The van der Waals surface area contributed by atoms with Gasteiger partial charge in [-0.25, -0.2) is 0 Å². The molecule has 3 nitrogen and oxygen atoms in total. The van der Waals surface area contributed by atoms with Crippen LogP contribution in [-0.4, -0.2) is 15.6 Å². The van der Waals surface area contributed by atoms with Gasteiger partial charge in [0, 0.05) is 12.5 Å². The Morgan fingerprint density at radius 3 is 2.81 bits per heavy atom. The van der Waals surface area contributed by atoms with Crippen LogP contribution in [0.3, 0.4) is 0 Å². The molecule has 1 saturated carbocycles. The van der Waals surface area contributed by atoms with Gasteiger partial charge in [-0.3, -0.25) is 9.48 Å². The first-order valence-corrected chi connectivity index (χ1v) is 6.10. The molecule has 0 aliphatic heterocycles. The van der Waals surface area contributed by atoms with E-state index in [4.69, 9.17) is 11.6 Å². The minimum atomic E-state index is 0.123. The molecule has 1 fully saturated rings. The molecule has 0 spiro atoms. The molecular formula is C12H17ClN2O. The van der Waals surface area contributed by atoms with Crippen molar-refractivity contribution in [2.45, 2.75) is 40.2 Å². The molecule has 1 atom stereocenters. The van der Waals surface area contributed by atoms with E-state index in [0.29, 0.717) is 10.7 Å². The zero-order valence-corrected chi connectivity index (χ0v) is 10.7. The van der Waals surface area contributed by atoms with Gasteiger partial charge in [-0.1, -0.05) is 32.4 Å². The van der Waals surface area contributed by atoms with Crippen molar-refractivity contribution in [1.82, 2.24) is 9.78 Å². The fourth-order valence-electron chi connectivity index (χ4n) is 2.07. The fraction of sp³-hybridized carbons (Fsp3) is 0.667. The summed E-state index contributed by atoms with van der Waals surface area (Å²) in [6.45, 7) is 7.04. The van der Waals surface area contributed by atoms with Gasteiger partial charge in [0.1, 0.15) is 5.69 Å². The van der Waals surface area contributed by atoms with Gasteiger partial charge >= 0.3 is 0 Å². The average molecular weight is 241 g/mol. The third kappa shape index (κ3) is 1.88. The number of aromatic nitrogens is 2. The minimum Gasteiger partial charge on any atom is -0.292 e. The number of aryl methyl sites for hydroxylation is 1. The maximum atomic E-state index is 12.3. The molecule has 4 heteroatoms. The lowest BCUT2D eigenvalue weighted by Crippen LogP contribution is -2.14. The van der Waals surface area contributed by atoms with Crippen molar-refractivity contribution >= 4 is 17.4 Å². The molecule has 0 saturated heterocycles.